The first kappa shape index (κ1) is 13.3. The maximum Gasteiger partial charge on any atom is 0.0820 e. The number of hydrogen-bond acceptors (Lipinski definition) is 3. The maximum absolute atomic E-state index is 5.99. The number of likely N-dealkylation sites (N-methyl/N-ethyl adjacent to an activating group) is 1. The summed E-state index contributed by atoms with van der Waals surface area (Å²) in [5, 5.41) is 3.98. The van der Waals surface area contributed by atoms with Gasteiger partial charge in [0, 0.05) is 31.5 Å². The molecule has 0 radical (unpaired) electrons. The highest BCUT2D eigenvalue weighted by Gasteiger charge is 2.06. The molecule has 1 rings (SSSR count). The Kier molecular flexibility index (Phi) is 5.56. The molecule has 1 atom stereocenters. The first-order chi connectivity index (χ1) is 7.65. The van der Waals surface area contributed by atoms with Crippen molar-refractivity contribution in [2.75, 3.05) is 25.5 Å². The molecule has 0 aliphatic rings. The van der Waals surface area contributed by atoms with Crippen molar-refractivity contribution in [2.45, 2.75) is 26.3 Å². The number of aromatic nitrogens is 1. The highest BCUT2D eigenvalue weighted by molar-refractivity contribution is 6.33. The van der Waals surface area contributed by atoms with Crippen molar-refractivity contribution in [2.24, 2.45) is 0 Å². The first-order valence-electron chi connectivity index (χ1n) is 5.68. The van der Waals surface area contributed by atoms with E-state index in [2.05, 4.69) is 36.1 Å². The molecule has 1 aromatic heterocycles. The number of nitrogens with zero attached hydrogens (tertiary/aromatic N) is 2. The predicted molar refractivity (Wildman–Crippen MR) is 70.1 cm³/mol. The van der Waals surface area contributed by atoms with Crippen molar-refractivity contribution < 1.29 is 0 Å². The van der Waals surface area contributed by atoms with Gasteiger partial charge in [0.05, 0.1) is 10.7 Å². The quantitative estimate of drug-likeness (QED) is 0.830. The molecule has 3 nitrogen and oxygen atoms in total. The molecule has 1 heterocycles. The van der Waals surface area contributed by atoms with Crippen LogP contribution in [0.15, 0.2) is 18.5 Å². The summed E-state index contributed by atoms with van der Waals surface area (Å²) >= 11 is 5.99. The number of hydrogen-bond donors (Lipinski definition) is 1. The van der Waals surface area contributed by atoms with Crippen LogP contribution >= 0.6 is 11.6 Å². The van der Waals surface area contributed by atoms with E-state index in [4.69, 9.17) is 11.6 Å². The summed E-state index contributed by atoms with van der Waals surface area (Å²) < 4.78 is 0. The van der Waals surface area contributed by atoms with Gasteiger partial charge in [0.1, 0.15) is 0 Å². The fourth-order valence-electron chi connectivity index (χ4n) is 1.42. The molecule has 4 heteroatoms. The third kappa shape index (κ3) is 3.99. The Bertz CT molecular complexity index is 317. The zero-order valence-electron chi connectivity index (χ0n) is 10.2. The van der Waals surface area contributed by atoms with E-state index in [0.29, 0.717) is 11.1 Å². The van der Waals surface area contributed by atoms with E-state index >= 15 is 0 Å². The number of rotatable bonds is 6. The minimum atomic E-state index is 0.620. The zero-order valence-corrected chi connectivity index (χ0v) is 11.0. The van der Waals surface area contributed by atoms with E-state index < -0.39 is 0 Å². The highest BCUT2D eigenvalue weighted by Crippen LogP contribution is 2.18. The van der Waals surface area contributed by atoms with Crippen LogP contribution in [0, 0.1) is 0 Å². The van der Waals surface area contributed by atoms with Crippen LogP contribution in [0.25, 0.3) is 0 Å². The lowest BCUT2D eigenvalue weighted by Crippen LogP contribution is -2.32. The average molecular weight is 242 g/mol. The Labute approximate surface area is 103 Å². The van der Waals surface area contributed by atoms with Gasteiger partial charge in [0.2, 0.25) is 0 Å². The lowest BCUT2D eigenvalue weighted by atomic mass is 10.2. The van der Waals surface area contributed by atoms with Gasteiger partial charge in [-0.2, -0.15) is 0 Å². The Morgan fingerprint density at radius 2 is 2.31 bits per heavy atom. The summed E-state index contributed by atoms with van der Waals surface area (Å²) in [5.41, 5.74) is 0.953. The molecule has 0 saturated heterocycles. The molecular formula is C12H20ClN3. The Morgan fingerprint density at radius 3 is 2.94 bits per heavy atom. The summed E-state index contributed by atoms with van der Waals surface area (Å²) in [6, 6.07) is 2.51. The average Bonchev–Trinajstić information content (AvgIpc) is 2.30. The van der Waals surface area contributed by atoms with Gasteiger partial charge in [-0.1, -0.05) is 18.5 Å². The number of anilines is 1. The van der Waals surface area contributed by atoms with Crippen molar-refractivity contribution in [1.82, 2.24) is 9.88 Å². The van der Waals surface area contributed by atoms with Crippen LogP contribution in [0.3, 0.4) is 0 Å². The SMILES string of the molecule is CCC(C)N(C)CCNc1ccncc1Cl. The molecule has 16 heavy (non-hydrogen) atoms. The van der Waals surface area contributed by atoms with Crippen molar-refractivity contribution in [1.29, 1.82) is 0 Å². The smallest absolute Gasteiger partial charge is 0.0820 e. The van der Waals surface area contributed by atoms with Crippen molar-refractivity contribution in [3.05, 3.63) is 23.5 Å². The molecule has 0 aliphatic heterocycles. The van der Waals surface area contributed by atoms with Crippen molar-refractivity contribution in [3.8, 4) is 0 Å². The molecule has 90 valence electrons. The van der Waals surface area contributed by atoms with E-state index in [1.54, 1.807) is 12.4 Å². The van der Waals surface area contributed by atoms with Gasteiger partial charge in [-0.3, -0.25) is 4.98 Å². The third-order valence-corrected chi connectivity index (χ3v) is 3.20. The molecule has 0 aromatic carbocycles. The Hall–Kier alpha value is -0.800. The van der Waals surface area contributed by atoms with Crippen LogP contribution in [0.2, 0.25) is 5.02 Å². The normalized spacial score (nSPS) is 12.8. The number of nitrogens with one attached hydrogen (secondary N) is 1. The van der Waals surface area contributed by atoms with Gasteiger partial charge < -0.3 is 10.2 Å². The molecule has 0 amide bonds. The molecule has 1 unspecified atom stereocenters. The molecule has 0 aliphatic carbocycles. The van der Waals surface area contributed by atoms with E-state index in [1.807, 2.05) is 6.07 Å². The minimum Gasteiger partial charge on any atom is -0.382 e. The number of pyridine rings is 1. The van der Waals surface area contributed by atoms with Gasteiger partial charge in [0.25, 0.3) is 0 Å². The van der Waals surface area contributed by atoms with Crippen LogP contribution in [0.4, 0.5) is 5.69 Å². The van der Waals surface area contributed by atoms with E-state index in [0.717, 1.165) is 18.8 Å². The van der Waals surface area contributed by atoms with Gasteiger partial charge in [-0.05, 0) is 26.5 Å². The highest BCUT2D eigenvalue weighted by atomic mass is 35.5. The number of halogens is 1. The van der Waals surface area contributed by atoms with Crippen LogP contribution in [0.1, 0.15) is 20.3 Å². The third-order valence-electron chi connectivity index (χ3n) is 2.90. The van der Waals surface area contributed by atoms with E-state index in [1.165, 1.54) is 6.42 Å². The summed E-state index contributed by atoms with van der Waals surface area (Å²) in [5.74, 6) is 0. The summed E-state index contributed by atoms with van der Waals surface area (Å²) in [4.78, 5) is 6.28. The molecule has 1 aromatic rings. The van der Waals surface area contributed by atoms with Gasteiger partial charge in [0.15, 0.2) is 0 Å². The lowest BCUT2D eigenvalue weighted by Gasteiger charge is -2.23. The van der Waals surface area contributed by atoms with E-state index in [9.17, 15) is 0 Å². The Morgan fingerprint density at radius 1 is 1.56 bits per heavy atom. The maximum atomic E-state index is 5.99. The topological polar surface area (TPSA) is 28.2 Å². The lowest BCUT2D eigenvalue weighted by molar-refractivity contribution is 0.261. The van der Waals surface area contributed by atoms with Gasteiger partial charge in [-0.15, -0.1) is 0 Å². The minimum absolute atomic E-state index is 0.620. The standard InChI is InChI=1S/C12H20ClN3/c1-4-10(2)16(3)8-7-15-12-5-6-14-9-11(12)13/h5-6,9-10H,4,7-8H2,1-3H3,(H,14,15). The van der Waals surface area contributed by atoms with Crippen molar-refractivity contribution in [3.63, 3.8) is 0 Å². The predicted octanol–water partition coefficient (Wildman–Crippen LogP) is 2.88. The second kappa shape index (κ2) is 6.71. The summed E-state index contributed by atoms with van der Waals surface area (Å²) in [7, 11) is 2.14. The first-order valence-corrected chi connectivity index (χ1v) is 6.06. The van der Waals surface area contributed by atoms with Gasteiger partial charge >= 0.3 is 0 Å². The zero-order chi connectivity index (χ0) is 12.0. The molecular weight excluding hydrogens is 222 g/mol. The molecule has 1 N–H and O–H groups in total. The second-order valence-electron chi connectivity index (χ2n) is 4.02. The van der Waals surface area contributed by atoms with Gasteiger partial charge in [-0.25, -0.2) is 0 Å². The molecule has 0 spiro atoms. The Balaban J connectivity index is 2.33. The fourth-order valence-corrected chi connectivity index (χ4v) is 1.60. The van der Waals surface area contributed by atoms with Crippen LogP contribution in [-0.4, -0.2) is 36.1 Å². The van der Waals surface area contributed by atoms with Crippen LogP contribution in [0.5, 0.6) is 0 Å². The molecule has 0 fully saturated rings. The summed E-state index contributed by atoms with van der Waals surface area (Å²) in [6.45, 7) is 6.34. The molecule has 0 saturated carbocycles. The largest absolute Gasteiger partial charge is 0.382 e. The van der Waals surface area contributed by atoms with Crippen LogP contribution < -0.4 is 5.32 Å². The second-order valence-corrected chi connectivity index (χ2v) is 4.43. The monoisotopic (exact) mass is 241 g/mol. The van der Waals surface area contributed by atoms with Crippen molar-refractivity contribution >= 4 is 17.3 Å². The summed E-state index contributed by atoms with van der Waals surface area (Å²) in [6.07, 6.45) is 4.57. The van der Waals surface area contributed by atoms with Crippen LogP contribution in [-0.2, 0) is 0 Å². The molecule has 0 bridgehead atoms. The fraction of sp³-hybridized carbons (Fsp3) is 0.583. The van der Waals surface area contributed by atoms with E-state index in [-0.39, 0.29) is 0 Å².